The monoisotopic (exact) mass is 416 g/mol. The average Bonchev–Trinajstić information content (AvgIpc) is 3.23. The highest BCUT2D eigenvalue weighted by Crippen LogP contribution is 2.52. The lowest BCUT2D eigenvalue weighted by molar-refractivity contribution is 0.194. The first-order chi connectivity index (χ1) is 12.1. The van der Waals surface area contributed by atoms with Gasteiger partial charge in [-0.15, -0.1) is 11.3 Å². The molecule has 1 aliphatic heterocycles. The van der Waals surface area contributed by atoms with Crippen molar-refractivity contribution in [2.75, 3.05) is 26.2 Å². The third kappa shape index (κ3) is 3.98. The number of nitrogens with zero attached hydrogens (tertiary/aromatic N) is 1. The number of fused-ring (bicyclic) bond motifs is 1. The van der Waals surface area contributed by atoms with Gasteiger partial charge in [0, 0.05) is 31.1 Å². The summed E-state index contributed by atoms with van der Waals surface area (Å²) in [7, 11) is 0. The second-order valence-corrected chi connectivity index (χ2v) is 9.97. The molecule has 1 aliphatic carbocycles. The van der Waals surface area contributed by atoms with Crippen LogP contribution >= 0.6 is 45.9 Å². The molecule has 4 nitrogen and oxygen atoms in total. The topological polar surface area (TPSA) is 41.6 Å². The van der Waals surface area contributed by atoms with E-state index in [9.17, 15) is 4.79 Å². The van der Waals surface area contributed by atoms with Gasteiger partial charge in [-0.05, 0) is 48.4 Å². The van der Waals surface area contributed by atoms with Gasteiger partial charge in [0.2, 0.25) is 0 Å². The Balaban J connectivity index is 1.19. The number of rotatable bonds is 5. The third-order valence-corrected chi connectivity index (χ3v) is 7.51. The van der Waals surface area contributed by atoms with Crippen molar-refractivity contribution in [2.45, 2.75) is 12.3 Å². The highest BCUT2D eigenvalue weighted by atomic mass is 35.5. The van der Waals surface area contributed by atoms with E-state index in [-0.39, 0.29) is 0 Å². The minimum absolute atomic E-state index is 0.424. The van der Waals surface area contributed by atoms with Crippen molar-refractivity contribution in [3.8, 4) is 5.06 Å². The largest absolute Gasteiger partial charge is 0.413 e. The van der Waals surface area contributed by atoms with Gasteiger partial charge in [-0.25, -0.2) is 4.79 Å². The van der Waals surface area contributed by atoms with Crippen LogP contribution in [0.1, 0.15) is 17.2 Å². The highest BCUT2D eigenvalue weighted by Gasteiger charge is 2.47. The maximum atomic E-state index is 11.8. The Hall–Kier alpha value is -0.790. The Morgan fingerprint density at radius 1 is 1.20 bits per heavy atom. The Morgan fingerprint density at radius 2 is 2.00 bits per heavy atom. The van der Waals surface area contributed by atoms with E-state index >= 15 is 0 Å². The SMILES string of the molecule is O=C(NCCN1CC2CC(c3ccc(Cl)s3)C2C1)Oc1ccc(Cl)s1. The zero-order valence-corrected chi connectivity index (χ0v) is 16.6. The van der Waals surface area contributed by atoms with Crippen LogP contribution in [0.15, 0.2) is 24.3 Å². The fourth-order valence-electron chi connectivity index (χ4n) is 3.83. The molecule has 0 radical (unpaired) electrons. The maximum absolute atomic E-state index is 11.8. The van der Waals surface area contributed by atoms with Crippen LogP contribution in [0.25, 0.3) is 0 Å². The van der Waals surface area contributed by atoms with Crippen molar-refractivity contribution in [3.63, 3.8) is 0 Å². The number of hydrogen-bond donors (Lipinski definition) is 1. The van der Waals surface area contributed by atoms with Gasteiger partial charge in [-0.2, -0.15) is 0 Å². The number of ether oxygens (including phenoxy) is 1. The van der Waals surface area contributed by atoms with E-state index in [1.165, 1.54) is 22.6 Å². The Kier molecular flexibility index (Phi) is 5.25. The second-order valence-electron chi connectivity index (χ2n) is 6.54. The minimum atomic E-state index is -0.424. The van der Waals surface area contributed by atoms with Crippen molar-refractivity contribution < 1.29 is 9.53 Å². The third-order valence-electron chi connectivity index (χ3n) is 5.04. The molecule has 1 saturated carbocycles. The maximum Gasteiger partial charge on any atom is 0.413 e. The van der Waals surface area contributed by atoms with Crippen LogP contribution in [-0.2, 0) is 0 Å². The van der Waals surface area contributed by atoms with E-state index in [1.807, 2.05) is 6.07 Å². The summed E-state index contributed by atoms with van der Waals surface area (Å²) < 4.78 is 6.67. The zero-order valence-electron chi connectivity index (χ0n) is 13.4. The average molecular weight is 417 g/mol. The van der Waals surface area contributed by atoms with Gasteiger partial charge >= 0.3 is 6.09 Å². The molecular weight excluding hydrogens is 399 g/mol. The van der Waals surface area contributed by atoms with Gasteiger partial charge in [-0.1, -0.05) is 34.5 Å². The van der Waals surface area contributed by atoms with E-state index in [4.69, 9.17) is 27.9 Å². The molecule has 2 fully saturated rings. The summed E-state index contributed by atoms with van der Waals surface area (Å²) in [6, 6.07) is 7.58. The fourth-order valence-corrected chi connectivity index (χ4v) is 5.96. The molecule has 1 saturated heterocycles. The number of nitrogens with one attached hydrogen (secondary N) is 1. The summed E-state index contributed by atoms with van der Waals surface area (Å²) in [6.07, 6.45) is 0.832. The molecule has 3 unspecified atom stereocenters. The molecule has 4 rings (SSSR count). The van der Waals surface area contributed by atoms with Crippen LogP contribution in [0.5, 0.6) is 5.06 Å². The van der Waals surface area contributed by atoms with Gasteiger partial charge in [0.15, 0.2) is 5.06 Å². The molecule has 25 heavy (non-hydrogen) atoms. The molecule has 2 aromatic heterocycles. The van der Waals surface area contributed by atoms with Crippen LogP contribution in [-0.4, -0.2) is 37.2 Å². The summed E-state index contributed by atoms with van der Waals surface area (Å²) in [4.78, 5) is 15.6. The Labute approximate surface area is 164 Å². The molecule has 2 aliphatic rings. The van der Waals surface area contributed by atoms with Gasteiger partial charge in [-0.3, -0.25) is 0 Å². The summed E-state index contributed by atoms with van der Waals surface area (Å²) in [5.41, 5.74) is 0. The van der Waals surface area contributed by atoms with E-state index in [0.717, 1.165) is 35.8 Å². The summed E-state index contributed by atoms with van der Waals surface area (Å²) >= 11 is 14.8. The van der Waals surface area contributed by atoms with Gasteiger partial charge in [0.05, 0.1) is 8.67 Å². The molecular formula is C17H18Cl2N2O2S2. The lowest BCUT2D eigenvalue weighted by Crippen LogP contribution is -2.35. The molecule has 2 aromatic rings. The van der Waals surface area contributed by atoms with Crippen molar-refractivity contribution in [2.24, 2.45) is 11.8 Å². The zero-order chi connectivity index (χ0) is 17.4. The van der Waals surface area contributed by atoms with Crippen molar-refractivity contribution in [1.29, 1.82) is 0 Å². The van der Waals surface area contributed by atoms with E-state index in [0.29, 0.717) is 21.9 Å². The van der Waals surface area contributed by atoms with Crippen molar-refractivity contribution in [3.05, 3.63) is 37.8 Å². The molecule has 134 valence electrons. The van der Waals surface area contributed by atoms with Crippen LogP contribution in [0.3, 0.4) is 0 Å². The van der Waals surface area contributed by atoms with Gasteiger partial charge < -0.3 is 15.0 Å². The summed E-state index contributed by atoms with van der Waals surface area (Å²) in [5, 5.41) is 3.32. The summed E-state index contributed by atoms with van der Waals surface area (Å²) in [6.45, 7) is 3.66. The minimum Gasteiger partial charge on any atom is -0.399 e. The second kappa shape index (κ2) is 7.45. The fraction of sp³-hybridized carbons (Fsp3) is 0.471. The van der Waals surface area contributed by atoms with Crippen LogP contribution in [0, 0.1) is 11.8 Å². The number of carbonyl (C=O) groups is 1. The number of hydrogen-bond acceptors (Lipinski definition) is 5. The smallest absolute Gasteiger partial charge is 0.399 e. The Morgan fingerprint density at radius 3 is 2.72 bits per heavy atom. The first-order valence-corrected chi connectivity index (χ1v) is 10.7. The molecule has 0 spiro atoms. The van der Waals surface area contributed by atoms with Crippen LogP contribution < -0.4 is 10.1 Å². The van der Waals surface area contributed by atoms with Crippen molar-refractivity contribution in [1.82, 2.24) is 10.2 Å². The lowest BCUT2D eigenvalue weighted by Gasteiger charge is -2.39. The molecule has 3 atom stereocenters. The number of thiophene rings is 2. The quantitative estimate of drug-likeness (QED) is 0.749. The molecule has 1 amide bonds. The summed E-state index contributed by atoms with van der Waals surface area (Å²) in [5.74, 6) is 2.18. The number of halogens is 2. The standard InChI is InChI=1S/C17H18Cl2N2O2S2/c18-14-2-1-13(24-14)11-7-10-8-21(9-12(10)11)6-5-20-17(22)23-16-4-3-15(19)25-16/h1-4,10-12H,5-9H2,(H,20,22). The number of carbonyl (C=O) groups excluding carboxylic acids is 1. The van der Waals surface area contributed by atoms with Crippen LogP contribution in [0.2, 0.25) is 8.67 Å². The Bertz CT molecular complexity index is 763. The van der Waals surface area contributed by atoms with E-state index < -0.39 is 6.09 Å². The van der Waals surface area contributed by atoms with Crippen molar-refractivity contribution >= 4 is 52.0 Å². The van der Waals surface area contributed by atoms with E-state index in [2.05, 4.69) is 16.3 Å². The highest BCUT2D eigenvalue weighted by molar-refractivity contribution is 7.18. The molecule has 0 aromatic carbocycles. The molecule has 1 N–H and O–H groups in total. The molecule has 3 heterocycles. The first-order valence-electron chi connectivity index (χ1n) is 8.27. The van der Waals surface area contributed by atoms with Gasteiger partial charge in [0.25, 0.3) is 0 Å². The van der Waals surface area contributed by atoms with Gasteiger partial charge in [0.1, 0.15) is 0 Å². The predicted octanol–water partition coefficient (Wildman–Crippen LogP) is 4.94. The molecule has 8 heteroatoms. The predicted molar refractivity (Wildman–Crippen MR) is 103 cm³/mol. The lowest BCUT2D eigenvalue weighted by atomic mass is 9.66. The molecule has 0 bridgehead atoms. The number of amides is 1. The number of likely N-dealkylation sites (tertiary alicyclic amines) is 1. The normalized spacial score (nSPS) is 25.4. The van der Waals surface area contributed by atoms with E-state index in [1.54, 1.807) is 23.5 Å². The van der Waals surface area contributed by atoms with Crippen LogP contribution in [0.4, 0.5) is 4.79 Å². The first kappa shape index (κ1) is 17.6.